The monoisotopic (exact) mass is 184 g/mol. The van der Waals surface area contributed by atoms with Crippen molar-refractivity contribution in [2.24, 2.45) is 11.5 Å². The zero-order chi connectivity index (χ0) is 9.14. The van der Waals surface area contributed by atoms with Crippen molar-refractivity contribution < 1.29 is 0 Å². The molecule has 4 N–H and O–H groups in total. The summed E-state index contributed by atoms with van der Waals surface area (Å²) in [6.07, 6.45) is 0. The van der Waals surface area contributed by atoms with Gasteiger partial charge in [-0.05, 0) is 30.2 Å². The number of aryl methyl sites for hydroxylation is 1. The van der Waals surface area contributed by atoms with Crippen LogP contribution in [-0.4, -0.2) is 6.54 Å². The zero-order valence-corrected chi connectivity index (χ0v) is 7.81. The maximum atomic E-state index is 5.82. The SMILES string of the molecule is Cc1ccc(Cl)cc1[C@H](N)CN. The molecule has 3 heteroatoms. The van der Waals surface area contributed by atoms with Gasteiger partial charge in [-0.1, -0.05) is 17.7 Å². The van der Waals surface area contributed by atoms with Crippen molar-refractivity contribution in [3.8, 4) is 0 Å². The average molecular weight is 185 g/mol. The van der Waals surface area contributed by atoms with Crippen LogP contribution >= 0.6 is 11.6 Å². The summed E-state index contributed by atoms with van der Waals surface area (Å²) < 4.78 is 0. The lowest BCUT2D eigenvalue weighted by molar-refractivity contribution is 0.732. The molecule has 0 saturated carbocycles. The molecule has 0 aliphatic carbocycles. The second-order valence-electron chi connectivity index (χ2n) is 2.84. The van der Waals surface area contributed by atoms with Crippen LogP contribution in [0.3, 0.4) is 0 Å². The summed E-state index contributed by atoms with van der Waals surface area (Å²) in [6.45, 7) is 2.45. The van der Waals surface area contributed by atoms with Gasteiger partial charge in [0, 0.05) is 17.6 Å². The van der Waals surface area contributed by atoms with Gasteiger partial charge in [0.05, 0.1) is 0 Å². The van der Waals surface area contributed by atoms with E-state index in [9.17, 15) is 0 Å². The van der Waals surface area contributed by atoms with Crippen molar-refractivity contribution in [3.63, 3.8) is 0 Å². The first kappa shape index (κ1) is 9.52. The first-order valence-corrected chi connectivity index (χ1v) is 4.24. The molecular formula is C9H13ClN2. The molecule has 0 heterocycles. The highest BCUT2D eigenvalue weighted by Crippen LogP contribution is 2.19. The third-order valence-electron chi connectivity index (χ3n) is 1.89. The largest absolute Gasteiger partial charge is 0.329 e. The van der Waals surface area contributed by atoms with E-state index < -0.39 is 0 Å². The Hall–Kier alpha value is -0.570. The van der Waals surface area contributed by atoms with Gasteiger partial charge < -0.3 is 11.5 Å². The molecule has 1 atom stereocenters. The van der Waals surface area contributed by atoms with Crippen molar-refractivity contribution in [1.29, 1.82) is 0 Å². The predicted molar refractivity (Wildman–Crippen MR) is 52.2 cm³/mol. The van der Waals surface area contributed by atoms with Crippen LogP contribution in [0.1, 0.15) is 17.2 Å². The maximum absolute atomic E-state index is 5.82. The molecule has 0 bridgehead atoms. The Labute approximate surface area is 77.5 Å². The lowest BCUT2D eigenvalue weighted by Crippen LogP contribution is -2.21. The van der Waals surface area contributed by atoms with Gasteiger partial charge in [0.1, 0.15) is 0 Å². The maximum Gasteiger partial charge on any atom is 0.0422 e. The topological polar surface area (TPSA) is 52.0 Å². The van der Waals surface area contributed by atoms with Crippen molar-refractivity contribution in [2.45, 2.75) is 13.0 Å². The van der Waals surface area contributed by atoms with Gasteiger partial charge >= 0.3 is 0 Å². The average Bonchev–Trinajstić information content (AvgIpc) is 2.08. The van der Waals surface area contributed by atoms with E-state index in [0.29, 0.717) is 11.6 Å². The van der Waals surface area contributed by atoms with Crippen molar-refractivity contribution >= 4 is 11.6 Å². The number of benzene rings is 1. The molecule has 0 amide bonds. The zero-order valence-electron chi connectivity index (χ0n) is 7.05. The van der Waals surface area contributed by atoms with Gasteiger partial charge in [0.15, 0.2) is 0 Å². The molecule has 66 valence electrons. The van der Waals surface area contributed by atoms with Crippen LogP contribution in [0.15, 0.2) is 18.2 Å². The summed E-state index contributed by atoms with van der Waals surface area (Å²) in [5, 5.41) is 0.708. The Morgan fingerprint density at radius 2 is 2.17 bits per heavy atom. The Morgan fingerprint density at radius 3 is 2.75 bits per heavy atom. The summed E-state index contributed by atoms with van der Waals surface area (Å²) >= 11 is 5.82. The number of rotatable bonds is 2. The molecule has 0 spiro atoms. The quantitative estimate of drug-likeness (QED) is 0.734. The third kappa shape index (κ3) is 1.97. The second kappa shape index (κ2) is 3.90. The minimum absolute atomic E-state index is 0.108. The summed E-state index contributed by atoms with van der Waals surface area (Å²) in [6, 6.07) is 5.56. The molecule has 1 rings (SSSR count). The Bertz CT molecular complexity index is 273. The summed E-state index contributed by atoms with van der Waals surface area (Å²) in [4.78, 5) is 0. The van der Waals surface area contributed by atoms with Crippen LogP contribution in [0.25, 0.3) is 0 Å². The standard InChI is InChI=1S/C9H13ClN2/c1-6-2-3-7(10)4-8(6)9(12)5-11/h2-4,9H,5,11-12H2,1H3/t9-/m1/s1. The van der Waals surface area contributed by atoms with E-state index in [1.165, 1.54) is 0 Å². The lowest BCUT2D eigenvalue weighted by atomic mass is 10.0. The van der Waals surface area contributed by atoms with Gasteiger partial charge in [-0.25, -0.2) is 0 Å². The molecule has 2 nitrogen and oxygen atoms in total. The normalized spacial score (nSPS) is 13.0. The van der Waals surface area contributed by atoms with Gasteiger partial charge in [-0.2, -0.15) is 0 Å². The predicted octanol–water partition coefficient (Wildman–Crippen LogP) is 1.61. The molecular weight excluding hydrogens is 172 g/mol. The fraction of sp³-hybridized carbons (Fsp3) is 0.333. The van der Waals surface area contributed by atoms with Crippen LogP contribution in [0.2, 0.25) is 5.02 Å². The number of hydrogen-bond donors (Lipinski definition) is 2. The first-order valence-electron chi connectivity index (χ1n) is 3.87. The van der Waals surface area contributed by atoms with Gasteiger partial charge in [-0.15, -0.1) is 0 Å². The van der Waals surface area contributed by atoms with Gasteiger partial charge in [-0.3, -0.25) is 0 Å². The Kier molecular flexibility index (Phi) is 3.09. The van der Waals surface area contributed by atoms with E-state index in [2.05, 4.69) is 0 Å². The van der Waals surface area contributed by atoms with E-state index >= 15 is 0 Å². The minimum atomic E-state index is -0.108. The highest BCUT2D eigenvalue weighted by molar-refractivity contribution is 6.30. The molecule has 12 heavy (non-hydrogen) atoms. The molecule has 0 unspecified atom stereocenters. The van der Waals surface area contributed by atoms with Crippen molar-refractivity contribution in [2.75, 3.05) is 6.54 Å². The molecule has 0 aliphatic rings. The highest BCUT2D eigenvalue weighted by Gasteiger charge is 2.06. The van der Waals surface area contributed by atoms with Crippen molar-refractivity contribution in [1.82, 2.24) is 0 Å². The first-order chi connectivity index (χ1) is 5.65. The molecule has 0 aliphatic heterocycles. The van der Waals surface area contributed by atoms with Gasteiger partial charge in [0.25, 0.3) is 0 Å². The summed E-state index contributed by atoms with van der Waals surface area (Å²) in [7, 11) is 0. The van der Waals surface area contributed by atoms with Crippen LogP contribution < -0.4 is 11.5 Å². The fourth-order valence-electron chi connectivity index (χ4n) is 1.14. The van der Waals surface area contributed by atoms with E-state index in [4.69, 9.17) is 23.1 Å². The van der Waals surface area contributed by atoms with Crippen LogP contribution in [0.4, 0.5) is 0 Å². The summed E-state index contributed by atoms with van der Waals surface area (Å²) in [5.74, 6) is 0. The number of hydrogen-bond acceptors (Lipinski definition) is 2. The molecule has 0 saturated heterocycles. The molecule has 1 aromatic carbocycles. The second-order valence-corrected chi connectivity index (χ2v) is 3.28. The molecule has 0 aromatic heterocycles. The molecule has 0 fully saturated rings. The van der Waals surface area contributed by atoms with E-state index in [0.717, 1.165) is 11.1 Å². The van der Waals surface area contributed by atoms with Gasteiger partial charge in [0.2, 0.25) is 0 Å². The number of halogens is 1. The van der Waals surface area contributed by atoms with Crippen LogP contribution in [0, 0.1) is 6.92 Å². The summed E-state index contributed by atoms with van der Waals surface area (Å²) in [5.41, 5.74) is 13.4. The minimum Gasteiger partial charge on any atom is -0.329 e. The molecule has 1 aromatic rings. The van der Waals surface area contributed by atoms with E-state index in [1.54, 1.807) is 0 Å². The smallest absolute Gasteiger partial charge is 0.0422 e. The van der Waals surface area contributed by atoms with E-state index in [1.807, 2.05) is 25.1 Å². The van der Waals surface area contributed by atoms with Crippen molar-refractivity contribution in [3.05, 3.63) is 34.3 Å². The van der Waals surface area contributed by atoms with Crippen LogP contribution in [-0.2, 0) is 0 Å². The van der Waals surface area contributed by atoms with Crippen LogP contribution in [0.5, 0.6) is 0 Å². The molecule has 0 radical (unpaired) electrons. The third-order valence-corrected chi connectivity index (χ3v) is 2.13. The lowest BCUT2D eigenvalue weighted by Gasteiger charge is -2.12. The Balaban J connectivity index is 3.04. The highest BCUT2D eigenvalue weighted by atomic mass is 35.5. The fourth-order valence-corrected chi connectivity index (χ4v) is 1.32. The van der Waals surface area contributed by atoms with E-state index in [-0.39, 0.29) is 6.04 Å². The Morgan fingerprint density at radius 1 is 1.50 bits per heavy atom. The number of nitrogens with two attached hydrogens (primary N) is 2.